The first-order valence-electron chi connectivity index (χ1n) is 7.43. The summed E-state index contributed by atoms with van der Waals surface area (Å²) < 4.78 is 0. The van der Waals surface area contributed by atoms with Crippen LogP contribution >= 0.6 is 0 Å². The highest BCUT2D eigenvalue weighted by molar-refractivity contribution is 5.70. The number of carboxylic acids is 1. The Balaban J connectivity index is 1.96. The molecule has 1 aromatic rings. The van der Waals surface area contributed by atoms with E-state index in [-0.39, 0.29) is 17.4 Å². The fourth-order valence-corrected chi connectivity index (χ4v) is 2.48. The van der Waals surface area contributed by atoms with Gasteiger partial charge in [-0.15, -0.1) is 0 Å². The molecule has 0 saturated carbocycles. The molecule has 2 atom stereocenters. The third kappa shape index (κ3) is 4.39. The number of allylic oxidation sites excluding steroid dienone is 1. The fraction of sp³-hybridized carbons (Fsp3) is 0.529. The van der Waals surface area contributed by atoms with Gasteiger partial charge in [-0.1, -0.05) is 39.0 Å². The van der Waals surface area contributed by atoms with Crippen molar-refractivity contribution in [3.63, 3.8) is 0 Å². The van der Waals surface area contributed by atoms with E-state index in [0.717, 1.165) is 5.56 Å². The Morgan fingerprint density at radius 3 is 2.86 bits per heavy atom. The number of carbonyl (C=O) groups is 1. The maximum Gasteiger partial charge on any atom is 0.306 e. The van der Waals surface area contributed by atoms with Crippen LogP contribution in [0.1, 0.15) is 44.7 Å². The number of nitrogens with zero attached hydrogens (tertiary/aromatic N) is 1. The Kier molecular flexibility index (Phi) is 4.78. The first-order valence-corrected chi connectivity index (χ1v) is 7.43. The van der Waals surface area contributed by atoms with Crippen molar-refractivity contribution in [2.24, 2.45) is 5.92 Å². The molecule has 2 rings (SSSR count). The molecule has 114 valence electrons. The SMILES string of the molecule is CC(C)(C)c1cncc(CN[C@H]2C=CC[C@H](C(=O)O)C2)c1. The molecule has 0 aromatic carbocycles. The number of carboxylic acid groups (broad SMARTS) is 1. The van der Waals surface area contributed by atoms with Crippen LogP contribution in [-0.4, -0.2) is 22.1 Å². The smallest absolute Gasteiger partial charge is 0.306 e. The number of pyridine rings is 1. The lowest BCUT2D eigenvalue weighted by Gasteiger charge is -2.23. The second-order valence-corrected chi connectivity index (χ2v) is 6.75. The van der Waals surface area contributed by atoms with Gasteiger partial charge in [-0.2, -0.15) is 0 Å². The Morgan fingerprint density at radius 2 is 2.19 bits per heavy atom. The van der Waals surface area contributed by atoms with Crippen LogP contribution in [0.2, 0.25) is 0 Å². The molecule has 0 unspecified atom stereocenters. The molecule has 0 spiro atoms. The van der Waals surface area contributed by atoms with E-state index < -0.39 is 5.97 Å². The van der Waals surface area contributed by atoms with Crippen molar-refractivity contribution in [2.75, 3.05) is 0 Å². The van der Waals surface area contributed by atoms with E-state index in [0.29, 0.717) is 19.4 Å². The van der Waals surface area contributed by atoms with Crippen molar-refractivity contribution in [1.82, 2.24) is 10.3 Å². The zero-order chi connectivity index (χ0) is 15.5. The number of aliphatic carboxylic acids is 1. The standard InChI is InChI=1S/C17H24N2O2/c1-17(2,3)14-7-12(9-18-11-14)10-19-15-6-4-5-13(8-15)16(20)21/h4,6-7,9,11,13,15,19H,5,8,10H2,1-3H3,(H,20,21)/t13-,15-/m0/s1. The van der Waals surface area contributed by atoms with Crippen LogP contribution in [0.5, 0.6) is 0 Å². The molecule has 0 fully saturated rings. The molecule has 1 aliphatic carbocycles. The Morgan fingerprint density at radius 1 is 1.43 bits per heavy atom. The fourth-order valence-electron chi connectivity index (χ4n) is 2.48. The van der Waals surface area contributed by atoms with E-state index in [9.17, 15) is 4.79 Å². The van der Waals surface area contributed by atoms with Gasteiger partial charge in [-0.05, 0) is 29.4 Å². The molecule has 4 heteroatoms. The molecule has 2 N–H and O–H groups in total. The largest absolute Gasteiger partial charge is 0.481 e. The van der Waals surface area contributed by atoms with E-state index in [1.165, 1.54) is 5.56 Å². The van der Waals surface area contributed by atoms with E-state index in [2.05, 4.69) is 43.2 Å². The van der Waals surface area contributed by atoms with Crippen molar-refractivity contribution in [1.29, 1.82) is 0 Å². The summed E-state index contributed by atoms with van der Waals surface area (Å²) in [6.07, 6.45) is 9.09. The van der Waals surface area contributed by atoms with Gasteiger partial charge in [0.05, 0.1) is 5.92 Å². The van der Waals surface area contributed by atoms with Gasteiger partial charge >= 0.3 is 5.97 Å². The van der Waals surface area contributed by atoms with Crippen molar-refractivity contribution >= 4 is 5.97 Å². The summed E-state index contributed by atoms with van der Waals surface area (Å²) in [4.78, 5) is 15.4. The summed E-state index contributed by atoms with van der Waals surface area (Å²) in [5.74, 6) is -0.978. The third-order valence-electron chi connectivity index (χ3n) is 3.91. The van der Waals surface area contributed by atoms with Crippen LogP contribution in [0.15, 0.2) is 30.6 Å². The summed E-state index contributed by atoms with van der Waals surface area (Å²) in [5.41, 5.74) is 2.43. The maximum atomic E-state index is 11.1. The zero-order valence-electron chi connectivity index (χ0n) is 13.0. The first kappa shape index (κ1) is 15.7. The van der Waals surface area contributed by atoms with Gasteiger partial charge in [0.2, 0.25) is 0 Å². The summed E-state index contributed by atoms with van der Waals surface area (Å²) in [5, 5.41) is 12.5. The lowest BCUT2D eigenvalue weighted by Crippen LogP contribution is -2.33. The van der Waals surface area contributed by atoms with Crippen LogP contribution in [-0.2, 0) is 16.8 Å². The molecule has 0 aliphatic heterocycles. The van der Waals surface area contributed by atoms with Gasteiger partial charge < -0.3 is 10.4 Å². The monoisotopic (exact) mass is 288 g/mol. The maximum absolute atomic E-state index is 11.1. The molecule has 1 aromatic heterocycles. The normalized spacial score (nSPS) is 22.2. The molecular weight excluding hydrogens is 264 g/mol. The number of hydrogen-bond acceptors (Lipinski definition) is 3. The zero-order valence-corrected chi connectivity index (χ0v) is 13.0. The highest BCUT2D eigenvalue weighted by atomic mass is 16.4. The molecule has 4 nitrogen and oxygen atoms in total. The Labute approximate surface area is 126 Å². The van der Waals surface area contributed by atoms with Crippen molar-refractivity contribution in [3.05, 3.63) is 41.7 Å². The van der Waals surface area contributed by atoms with Crippen LogP contribution in [0.4, 0.5) is 0 Å². The second kappa shape index (κ2) is 6.39. The van der Waals surface area contributed by atoms with Gasteiger partial charge in [0.15, 0.2) is 0 Å². The average molecular weight is 288 g/mol. The third-order valence-corrected chi connectivity index (χ3v) is 3.91. The Bertz CT molecular complexity index is 532. The average Bonchev–Trinajstić information content (AvgIpc) is 2.45. The predicted octanol–water partition coefficient (Wildman–Crippen LogP) is 2.89. The summed E-state index contributed by atoms with van der Waals surface area (Å²) >= 11 is 0. The molecule has 0 bridgehead atoms. The summed E-state index contributed by atoms with van der Waals surface area (Å²) in [6.45, 7) is 7.21. The van der Waals surface area contributed by atoms with E-state index in [4.69, 9.17) is 5.11 Å². The molecule has 0 amide bonds. The molecular formula is C17H24N2O2. The lowest BCUT2D eigenvalue weighted by molar-refractivity contribution is -0.142. The highest BCUT2D eigenvalue weighted by Crippen LogP contribution is 2.22. The van der Waals surface area contributed by atoms with Crippen LogP contribution in [0.3, 0.4) is 0 Å². The minimum atomic E-state index is -0.706. The highest BCUT2D eigenvalue weighted by Gasteiger charge is 2.23. The molecule has 1 aliphatic rings. The van der Waals surface area contributed by atoms with Crippen LogP contribution in [0.25, 0.3) is 0 Å². The molecule has 21 heavy (non-hydrogen) atoms. The number of aromatic nitrogens is 1. The van der Waals surface area contributed by atoms with Gasteiger partial charge in [0, 0.05) is 25.0 Å². The van der Waals surface area contributed by atoms with E-state index >= 15 is 0 Å². The lowest BCUT2D eigenvalue weighted by atomic mass is 9.87. The molecule has 1 heterocycles. The predicted molar refractivity (Wildman–Crippen MR) is 83.1 cm³/mol. The van der Waals surface area contributed by atoms with Crippen LogP contribution < -0.4 is 5.32 Å². The van der Waals surface area contributed by atoms with Crippen molar-refractivity contribution < 1.29 is 9.90 Å². The minimum absolute atomic E-state index is 0.0855. The van der Waals surface area contributed by atoms with E-state index in [1.807, 2.05) is 18.5 Å². The van der Waals surface area contributed by atoms with Crippen molar-refractivity contribution in [3.8, 4) is 0 Å². The van der Waals surface area contributed by atoms with Gasteiger partial charge in [-0.3, -0.25) is 9.78 Å². The Hall–Kier alpha value is -1.68. The number of nitrogens with one attached hydrogen (secondary N) is 1. The quantitative estimate of drug-likeness (QED) is 0.836. The number of rotatable bonds is 4. The topological polar surface area (TPSA) is 62.2 Å². The summed E-state index contributed by atoms with van der Waals surface area (Å²) in [7, 11) is 0. The second-order valence-electron chi connectivity index (χ2n) is 6.75. The number of hydrogen-bond donors (Lipinski definition) is 2. The molecule has 0 saturated heterocycles. The van der Waals surface area contributed by atoms with Gasteiger partial charge in [0.25, 0.3) is 0 Å². The van der Waals surface area contributed by atoms with Gasteiger partial charge in [-0.25, -0.2) is 0 Å². The first-order chi connectivity index (χ1) is 9.86. The summed E-state index contributed by atoms with van der Waals surface area (Å²) in [6, 6.07) is 2.29. The van der Waals surface area contributed by atoms with E-state index in [1.54, 1.807) is 0 Å². The van der Waals surface area contributed by atoms with Crippen molar-refractivity contribution in [2.45, 2.75) is 51.6 Å². The minimum Gasteiger partial charge on any atom is -0.481 e. The van der Waals surface area contributed by atoms with Gasteiger partial charge in [0.1, 0.15) is 0 Å². The van der Waals surface area contributed by atoms with Crippen LogP contribution in [0, 0.1) is 5.92 Å². The molecule has 0 radical (unpaired) electrons.